The Bertz CT molecular complexity index is 3470. The number of aromatic nitrogens is 4. The molecule has 1 unspecified atom stereocenters. The Labute approximate surface area is 508 Å². The highest BCUT2D eigenvalue weighted by molar-refractivity contribution is 9.09. The molecule has 0 spiro atoms. The molecule has 0 saturated heterocycles. The molecule has 3 aromatic carbocycles. The van der Waals surface area contributed by atoms with Gasteiger partial charge in [-0.2, -0.15) is 0 Å². The van der Waals surface area contributed by atoms with Crippen molar-refractivity contribution >= 4 is 55.4 Å². The number of hydrogen-bond donors (Lipinski definition) is 2. The Morgan fingerprint density at radius 3 is 1.44 bits per heavy atom. The maximum Gasteiger partial charge on any atom is 0.316 e. The standard InChI is InChI=1S/C23H34N2O4.C23H32N2O2.C14H15NO2.C10H19Br/c1-15(9-10-18(26)23(4,5)29)11-13-24-17-8-6-7-16-19(17)25(21(28)20(24)27)14-12-22(16,2)3;1-16(2)8-6-9-17(3)12-14-24-19-11-7-10-18-20(19)25(22(27)21(24)26)15-13-23(18,4)5;1-14(2)6-7-15-12-9(4-3-5-10(12)14)8-11(16)13(15)17;1-9(2)5-4-6-10(3)7-8-11/h6-8,15,18,26,29H,9-14H2,1-5H3;7-8,10-11,17H,6,9,12-15H2,1-5H3;3-5H,6-8H2,1-2H3;5,10H,4,6-8H2,1-3H3/t15-,18?;17-;;10-/m11.1/s1. The summed E-state index contributed by atoms with van der Waals surface area (Å²) in [5.41, 5.74) is 9.14. The minimum Gasteiger partial charge on any atom is -0.390 e. The van der Waals surface area contributed by atoms with Crippen LogP contribution < -0.4 is 27.1 Å². The maximum absolute atomic E-state index is 12.8. The number of allylic oxidation sites excluding steroid dienone is 4. The van der Waals surface area contributed by atoms with Gasteiger partial charge in [-0.05, 0) is 187 Å². The fourth-order valence-corrected chi connectivity index (χ4v) is 13.0. The molecule has 4 aliphatic heterocycles. The molecule has 4 atom stereocenters. The van der Waals surface area contributed by atoms with Crippen molar-refractivity contribution in [3.05, 3.63) is 142 Å². The van der Waals surface area contributed by atoms with E-state index in [4.69, 9.17) is 0 Å². The first-order valence-corrected chi connectivity index (χ1v) is 32.2. The maximum atomic E-state index is 12.8. The number of para-hydroxylation sites is 3. The van der Waals surface area contributed by atoms with Crippen molar-refractivity contribution in [2.24, 2.45) is 17.8 Å². The van der Waals surface area contributed by atoms with Crippen LogP contribution in [0.1, 0.15) is 203 Å². The van der Waals surface area contributed by atoms with Crippen LogP contribution >= 0.6 is 15.9 Å². The van der Waals surface area contributed by atoms with Crippen LogP contribution in [0.4, 0.5) is 5.69 Å². The smallest absolute Gasteiger partial charge is 0.316 e. The first-order chi connectivity index (χ1) is 39.3. The number of Topliss-reactive ketones (excluding diaryl/α,β-unsaturated/α-hetero) is 1. The van der Waals surface area contributed by atoms with E-state index in [-0.39, 0.29) is 51.4 Å². The monoisotopic (exact) mass is 1220 g/mol. The van der Waals surface area contributed by atoms with E-state index < -0.39 is 22.8 Å². The van der Waals surface area contributed by atoms with E-state index in [0.29, 0.717) is 45.1 Å². The number of halogens is 1. The topological polar surface area (TPSA) is 166 Å². The lowest BCUT2D eigenvalue weighted by molar-refractivity contribution is -0.136. The fraction of sp³-hybridized carbons (Fsp3) is 0.600. The quantitative estimate of drug-likeness (QED) is 0.0497. The van der Waals surface area contributed by atoms with Crippen molar-refractivity contribution in [2.45, 2.75) is 241 Å². The average molecular weight is 1220 g/mol. The van der Waals surface area contributed by atoms with E-state index in [1.807, 2.05) is 36.4 Å². The highest BCUT2D eigenvalue weighted by atomic mass is 79.9. The SMILES string of the molecule is CC(C)=CCC[C@@H](C)CCBr.CC(C)=CCC[C@@H](C)CCn1c(=O)c(=O)n2c3c(cccc31)C(C)(C)CC2.CC1(C)CCN2C(=O)C(=O)Cc3cccc1c32.C[C@H](CCC(O)C(C)(C)O)CCn1c(=O)c(=O)n2c3c(cccc31)C(C)(C)CC2. The minimum absolute atomic E-state index is 0.0197. The summed E-state index contributed by atoms with van der Waals surface area (Å²) >= 11 is 3.46. The van der Waals surface area contributed by atoms with E-state index in [2.05, 4.69) is 136 Å². The van der Waals surface area contributed by atoms with Crippen molar-refractivity contribution in [3.8, 4) is 0 Å². The molecule has 1 amide bonds. The van der Waals surface area contributed by atoms with Gasteiger partial charge in [0.05, 0.1) is 39.5 Å². The van der Waals surface area contributed by atoms with Crippen LogP contribution in [0, 0.1) is 17.8 Å². The minimum atomic E-state index is -1.12. The number of benzene rings is 3. The van der Waals surface area contributed by atoms with E-state index >= 15 is 0 Å². The van der Waals surface area contributed by atoms with Gasteiger partial charge < -0.3 is 33.4 Å². The van der Waals surface area contributed by atoms with Gasteiger partial charge in [-0.25, -0.2) is 0 Å². The molecule has 5 aromatic rings. The van der Waals surface area contributed by atoms with Gasteiger partial charge in [-0.3, -0.25) is 28.8 Å². The van der Waals surface area contributed by atoms with Crippen LogP contribution in [0.5, 0.6) is 0 Å². The Hall–Kier alpha value is -5.44. The summed E-state index contributed by atoms with van der Waals surface area (Å²) in [6, 6.07) is 18.1. The van der Waals surface area contributed by atoms with Crippen molar-refractivity contribution in [3.63, 3.8) is 0 Å². The van der Waals surface area contributed by atoms with Crippen LogP contribution in [0.25, 0.3) is 22.1 Å². The van der Waals surface area contributed by atoms with Gasteiger partial charge in [0.1, 0.15) is 0 Å². The summed E-state index contributed by atoms with van der Waals surface area (Å²) in [7, 11) is 0. The lowest BCUT2D eigenvalue weighted by Gasteiger charge is -2.41. The number of rotatable bonds is 18. The molecule has 460 valence electrons. The molecule has 2 aromatic heterocycles. The Kier molecular flexibility index (Phi) is 22.9. The third-order valence-corrected chi connectivity index (χ3v) is 18.7. The predicted molar refractivity (Wildman–Crippen MR) is 349 cm³/mol. The zero-order valence-corrected chi connectivity index (χ0v) is 55.1. The molecular weight excluding hydrogens is 1120 g/mol. The van der Waals surface area contributed by atoms with Gasteiger partial charge >= 0.3 is 22.2 Å². The zero-order chi connectivity index (χ0) is 62.2. The molecule has 0 fully saturated rings. The molecule has 13 nitrogen and oxygen atoms in total. The van der Waals surface area contributed by atoms with Crippen molar-refractivity contribution < 1.29 is 19.8 Å². The number of hydrogen-bond acceptors (Lipinski definition) is 8. The van der Waals surface area contributed by atoms with Gasteiger partial charge in [0, 0.05) is 44.5 Å². The van der Waals surface area contributed by atoms with Gasteiger partial charge in [-0.15, -0.1) is 0 Å². The second-order valence-corrected chi connectivity index (χ2v) is 28.6. The second kappa shape index (κ2) is 28.4. The molecule has 2 N–H and O–H groups in total. The molecule has 0 radical (unpaired) electrons. The molecule has 14 heteroatoms. The summed E-state index contributed by atoms with van der Waals surface area (Å²) in [4.78, 5) is 76.3. The number of aliphatic hydroxyl groups excluding tert-OH is 1. The number of anilines is 1. The lowest BCUT2D eigenvalue weighted by atomic mass is 9.75. The number of ketones is 1. The van der Waals surface area contributed by atoms with E-state index in [1.165, 1.54) is 41.5 Å². The zero-order valence-electron chi connectivity index (χ0n) is 53.6. The Morgan fingerprint density at radius 2 is 0.988 bits per heavy atom. The van der Waals surface area contributed by atoms with E-state index in [0.717, 1.165) is 101 Å². The summed E-state index contributed by atoms with van der Waals surface area (Å²) in [5, 5.41) is 21.1. The molecule has 6 heterocycles. The summed E-state index contributed by atoms with van der Waals surface area (Å²) in [6.07, 6.45) is 15.6. The van der Waals surface area contributed by atoms with E-state index in [1.54, 1.807) is 37.0 Å². The second-order valence-electron chi connectivity index (χ2n) is 27.8. The van der Waals surface area contributed by atoms with Crippen LogP contribution in [0.3, 0.4) is 0 Å². The molecule has 0 bridgehead atoms. The number of amides is 1. The van der Waals surface area contributed by atoms with Crippen LogP contribution in [-0.4, -0.2) is 63.8 Å². The number of carbonyl (C=O) groups excluding carboxylic acids is 2. The van der Waals surface area contributed by atoms with Gasteiger partial charge in [-0.1, -0.05) is 144 Å². The Balaban J connectivity index is 0.000000190. The largest absolute Gasteiger partial charge is 0.390 e. The summed E-state index contributed by atoms with van der Waals surface area (Å²) in [5.74, 6) is 1.02. The lowest BCUT2D eigenvalue weighted by Crippen LogP contribution is -2.47. The van der Waals surface area contributed by atoms with Crippen molar-refractivity contribution in [1.29, 1.82) is 0 Å². The van der Waals surface area contributed by atoms with Crippen LogP contribution in [0.15, 0.2) is 97.1 Å². The molecule has 84 heavy (non-hydrogen) atoms. The third kappa shape index (κ3) is 16.1. The van der Waals surface area contributed by atoms with Gasteiger partial charge in [0.15, 0.2) is 0 Å². The van der Waals surface area contributed by atoms with Gasteiger partial charge in [0.2, 0.25) is 5.78 Å². The van der Waals surface area contributed by atoms with E-state index in [9.17, 15) is 39.0 Å². The number of carbonyl (C=O) groups is 2. The number of alkyl halides is 1. The number of aryl methyl sites for hydroxylation is 4. The highest BCUT2D eigenvalue weighted by Gasteiger charge is 2.40. The van der Waals surface area contributed by atoms with Crippen LogP contribution in [-0.2, 0) is 58.4 Å². The molecule has 0 aliphatic carbocycles. The number of nitrogens with zero attached hydrogens (tertiary/aromatic N) is 5. The molecule has 4 aliphatic rings. The highest BCUT2D eigenvalue weighted by Crippen LogP contribution is 2.44. The summed E-state index contributed by atoms with van der Waals surface area (Å²) < 4.78 is 6.70. The van der Waals surface area contributed by atoms with Crippen molar-refractivity contribution in [1.82, 2.24) is 18.3 Å². The normalized spacial score (nSPS) is 17.5. The Morgan fingerprint density at radius 1 is 0.571 bits per heavy atom. The average Bonchev–Trinajstić information content (AvgIpc) is 3.60. The third-order valence-electron chi connectivity index (χ3n) is 18.3. The number of aliphatic hydroxyl groups is 2. The molecule has 0 saturated carbocycles. The van der Waals surface area contributed by atoms with Crippen molar-refractivity contribution in [2.75, 3.05) is 16.8 Å². The summed E-state index contributed by atoms with van der Waals surface area (Å²) in [6.45, 7) is 34.5. The van der Waals surface area contributed by atoms with Crippen LogP contribution in [0.2, 0.25) is 0 Å². The predicted octanol–water partition coefficient (Wildman–Crippen LogP) is 13.4. The van der Waals surface area contributed by atoms with Gasteiger partial charge in [0.25, 0.3) is 5.91 Å². The fourth-order valence-electron chi connectivity index (χ4n) is 12.2. The molecule has 9 rings (SSSR count). The molecular formula is C70H100BrN5O8. The first-order valence-electron chi connectivity index (χ1n) is 31.1. The first kappa shape index (κ1) is 67.7.